The summed E-state index contributed by atoms with van der Waals surface area (Å²) in [4.78, 5) is 0. The fourth-order valence-electron chi connectivity index (χ4n) is 4.47. The van der Waals surface area contributed by atoms with E-state index < -0.39 is 0 Å². The summed E-state index contributed by atoms with van der Waals surface area (Å²) in [6.45, 7) is 0. The molecular weight excluding hydrogens is 190 g/mol. The predicted octanol–water partition coefficient (Wildman–Crippen LogP) is 1.96. The Kier molecular flexibility index (Phi) is 1.37. The molecule has 2 aliphatic carbocycles. The Labute approximate surface area is 88.8 Å². The largest absolute Gasteiger partial charge is 0.411 e. The van der Waals surface area contributed by atoms with Crippen molar-refractivity contribution in [3.8, 4) is 0 Å². The third kappa shape index (κ3) is 0.771. The summed E-state index contributed by atoms with van der Waals surface area (Å²) in [5.41, 5.74) is 1.13. The lowest BCUT2D eigenvalue weighted by Crippen LogP contribution is -2.43. The monoisotopic (exact) mass is 205 g/mol. The number of rotatable bonds is 0. The second-order valence-corrected chi connectivity index (χ2v) is 5.42. The van der Waals surface area contributed by atoms with E-state index in [9.17, 15) is 5.21 Å². The Morgan fingerprint density at radius 3 is 3.00 bits per heavy atom. The predicted molar refractivity (Wildman–Crippen MR) is 54.9 cm³/mol. The van der Waals surface area contributed by atoms with Gasteiger partial charge in [0.25, 0.3) is 0 Å². The normalized spacial score (nSPS) is 57.7. The molecule has 5 atom stereocenters. The molecule has 15 heavy (non-hydrogen) atoms. The molecule has 1 spiro atoms. The first-order valence-corrected chi connectivity index (χ1v) is 5.91. The third-order valence-corrected chi connectivity index (χ3v) is 5.00. The standard InChI is InChI=1S/C12H15NO2/c14-13-11-7-1-2-8(5-7)12(11)6-9-3-4-10(12)15-9/h3-4,7-10,14H,1-2,5-6H2/b13-11-/t7?,8?,9-,10+,12?/m0/s1. The Balaban J connectivity index is 1.85. The first-order valence-electron chi connectivity index (χ1n) is 5.91. The van der Waals surface area contributed by atoms with Crippen molar-refractivity contribution in [2.45, 2.75) is 37.9 Å². The molecule has 1 N–H and O–H groups in total. The van der Waals surface area contributed by atoms with E-state index in [1.54, 1.807) is 0 Å². The van der Waals surface area contributed by atoms with Crippen LogP contribution in [0.1, 0.15) is 25.7 Å². The van der Waals surface area contributed by atoms with Gasteiger partial charge in [0, 0.05) is 11.3 Å². The number of nitrogens with zero attached hydrogens (tertiary/aromatic N) is 1. The van der Waals surface area contributed by atoms with Gasteiger partial charge in [-0.3, -0.25) is 0 Å². The molecule has 3 heteroatoms. The maximum absolute atomic E-state index is 9.25. The number of oxime groups is 1. The minimum absolute atomic E-state index is 0.0804. The van der Waals surface area contributed by atoms with Gasteiger partial charge in [0.05, 0.1) is 17.9 Å². The van der Waals surface area contributed by atoms with Crippen LogP contribution in [0.3, 0.4) is 0 Å². The lowest BCUT2D eigenvalue weighted by molar-refractivity contribution is 0.0825. The molecule has 0 aromatic carbocycles. The molecule has 0 radical (unpaired) electrons. The molecule has 80 valence electrons. The smallest absolute Gasteiger partial charge is 0.0878 e. The highest BCUT2D eigenvalue weighted by Crippen LogP contribution is 2.62. The van der Waals surface area contributed by atoms with E-state index in [1.165, 1.54) is 19.3 Å². The molecular formula is C12H15NO2. The molecule has 2 saturated carbocycles. The molecule has 3 nitrogen and oxygen atoms in total. The van der Waals surface area contributed by atoms with E-state index in [0.29, 0.717) is 11.8 Å². The Bertz CT molecular complexity index is 376. The Morgan fingerprint density at radius 2 is 2.33 bits per heavy atom. The first-order chi connectivity index (χ1) is 7.34. The van der Waals surface area contributed by atoms with Gasteiger partial charge in [0.2, 0.25) is 0 Å². The van der Waals surface area contributed by atoms with E-state index in [1.807, 2.05) is 0 Å². The van der Waals surface area contributed by atoms with Crippen LogP contribution in [0.4, 0.5) is 0 Å². The van der Waals surface area contributed by atoms with Crippen LogP contribution in [0, 0.1) is 17.3 Å². The zero-order valence-electron chi connectivity index (χ0n) is 8.60. The molecule has 3 unspecified atom stereocenters. The maximum atomic E-state index is 9.25. The summed E-state index contributed by atoms with van der Waals surface area (Å²) in [6, 6.07) is 0. The summed E-state index contributed by atoms with van der Waals surface area (Å²) in [7, 11) is 0. The van der Waals surface area contributed by atoms with Crippen molar-refractivity contribution in [3.63, 3.8) is 0 Å². The van der Waals surface area contributed by atoms with Crippen molar-refractivity contribution >= 4 is 5.71 Å². The van der Waals surface area contributed by atoms with Gasteiger partial charge in [0.15, 0.2) is 0 Å². The Hall–Kier alpha value is -0.830. The quantitative estimate of drug-likeness (QED) is 0.373. The van der Waals surface area contributed by atoms with Crippen LogP contribution in [0.15, 0.2) is 17.3 Å². The zero-order chi connectivity index (χ0) is 10.0. The second kappa shape index (κ2) is 2.46. The fourth-order valence-corrected chi connectivity index (χ4v) is 4.47. The van der Waals surface area contributed by atoms with Crippen LogP contribution >= 0.6 is 0 Å². The number of hydrogen-bond donors (Lipinski definition) is 1. The minimum Gasteiger partial charge on any atom is -0.411 e. The Morgan fingerprint density at radius 1 is 1.40 bits per heavy atom. The van der Waals surface area contributed by atoms with Crippen molar-refractivity contribution in [1.29, 1.82) is 0 Å². The van der Waals surface area contributed by atoms with Gasteiger partial charge in [-0.1, -0.05) is 17.3 Å². The highest BCUT2D eigenvalue weighted by atomic mass is 16.5. The van der Waals surface area contributed by atoms with E-state index in [2.05, 4.69) is 17.3 Å². The molecule has 2 heterocycles. The molecule has 1 saturated heterocycles. The molecule has 3 fully saturated rings. The summed E-state index contributed by atoms with van der Waals surface area (Å²) in [6.07, 6.45) is 9.61. The van der Waals surface area contributed by atoms with Crippen LogP contribution in [0.5, 0.6) is 0 Å². The summed E-state index contributed by atoms with van der Waals surface area (Å²) >= 11 is 0. The first kappa shape index (κ1) is 8.34. The third-order valence-electron chi connectivity index (χ3n) is 5.00. The van der Waals surface area contributed by atoms with Gasteiger partial charge in [-0.25, -0.2) is 0 Å². The highest BCUT2D eigenvalue weighted by molar-refractivity contribution is 5.96. The van der Waals surface area contributed by atoms with Crippen LogP contribution in [0.25, 0.3) is 0 Å². The van der Waals surface area contributed by atoms with E-state index in [-0.39, 0.29) is 17.6 Å². The zero-order valence-corrected chi connectivity index (χ0v) is 8.60. The average molecular weight is 205 g/mol. The molecule has 0 amide bonds. The van der Waals surface area contributed by atoms with E-state index in [4.69, 9.17) is 4.74 Å². The van der Waals surface area contributed by atoms with Crippen molar-refractivity contribution < 1.29 is 9.94 Å². The molecule has 2 aliphatic heterocycles. The van der Waals surface area contributed by atoms with Crippen molar-refractivity contribution in [1.82, 2.24) is 0 Å². The van der Waals surface area contributed by atoms with Crippen molar-refractivity contribution in [3.05, 3.63) is 12.2 Å². The highest BCUT2D eigenvalue weighted by Gasteiger charge is 2.64. The molecule has 0 aromatic rings. The number of hydrogen-bond acceptors (Lipinski definition) is 3. The van der Waals surface area contributed by atoms with E-state index >= 15 is 0 Å². The van der Waals surface area contributed by atoms with Gasteiger partial charge < -0.3 is 9.94 Å². The topological polar surface area (TPSA) is 41.8 Å². The molecule has 4 bridgehead atoms. The van der Waals surface area contributed by atoms with E-state index in [0.717, 1.165) is 12.1 Å². The minimum atomic E-state index is 0.0804. The van der Waals surface area contributed by atoms with Gasteiger partial charge in [-0.15, -0.1) is 0 Å². The molecule has 4 rings (SSSR count). The molecule has 0 aromatic heterocycles. The van der Waals surface area contributed by atoms with Crippen molar-refractivity contribution in [2.75, 3.05) is 0 Å². The lowest BCUT2D eigenvalue weighted by atomic mass is 9.65. The van der Waals surface area contributed by atoms with Crippen molar-refractivity contribution in [2.24, 2.45) is 22.4 Å². The SMILES string of the molecule is O/N=C1/C2CCC(C2)C12C[C@@H]1C=C[C@H]2O1. The fraction of sp³-hybridized carbons (Fsp3) is 0.750. The van der Waals surface area contributed by atoms with Crippen LogP contribution < -0.4 is 0 Å². The summed E-state index contributed by atoms with van der Waals surface area (Å²) in [5, 5.41) is 12.9. The van der Waals surface area contributed by atoms with Crippen LogP contribution in [0.2, 0.25) is 0 Å². The maximum Gasteiger partial charge on any atom is 0.0878 e. The second-order valence-electron chi connectivity index (χ2n) is 5.42. The summed E-state index contributed by atoms with van der Waals surface area (Å²) in [5.74, 6) is 1.24. The van der Waals surface area contributed by atoms with Gasteiger partial charge in [-0.2, -0.15) is 0 Å². The van der Waals surface area contributed by atoms with Gasteiger partial charge >= 0.3 is 0 Å². The number of ether oxygens (including phenoxy) is 1. The lowest BCUT2D eigenvalue weighted by Gasteiger charge is -2.37. The van der Waals surface area contributed by atoms with Crippen LogP contribution in [-0.2, 0) is 4.74 Å². The van der Waals surface area contributed by atoms with Gasteiger partial charge in [-0.05, 0) is 31.6 Å². The molecule has 4 aliphatic rings. The number of fused-ring (bicyclic) bond motifs is 6. The van der Waals surface area contributed by atoms with Gasteiger partial charge in [0.1, 0.15) is 0 Å². The summed E-state index contributed by atoms with van der Waals surface area (Å²) < 4.78 is 5.89. The van der Waals surface area contributed by atoms with Crippen LogP contribution in [-0.4, -0.2) is 23.1 Å². The average Bonchev–Trinajstić information content (AvgIpc) is 2.95.